The number of hydrogen-bond donors (Lipinski definition) is 1. The molecular weight excluding hydrogens is 204 g/mol. The Hall–Kier alpha value is -0.280. The lowest BCUT2D eigenvalue weighted by atomic mass is 10.1. The first-order valence-corrected chi connectivity index (χ1v) is 5.55. The molecule has 0 aromatic rings. The Labute approximate surface area is 90.4 Å². The maximum Gasteiger partial charge on any atom is 0.336 e. The monoisotopic (exact) mass is 222 g/mol. The molecule has 0 spiro atoms. The molecule has 0 radical (unpaired) electrons. The number of ether oxygens (including phenoxy) is 1. The zero-order valence-electron chi connectivity index (χ0n) is 8.83. The molecule has 0 fully saturated rings. The van der Waals surface area contributed by atoms with Gasteiger partial charge in [0.1, 0.15) is 0 Å². The second kappa shape index (κ2) is 8.06. The number of alkyl halides is 1. The number of rotatable bonds is 7. The maximum atomic E-state index is 11.1. The molecule has 0 rings (SSSR count). The summed E-state index contributed by atoms with van der Waals surface area (Å²) >= 11 is 5.85. The lowest BCUT2D eigenvalue weighted by Gasteiger charge is -2.14. The van der Waals surface area contributed by atoms with Crippen molar-refractivity contribution in [2.75, 3.05) is 6.61 Å². The molecule has 0 aromatic carbocycles. The van der Waals surface area contributed by atoms with Crippen LogP contribution < -0.4 is 0 Å². The summed E-state index contributed by atoms with van der Waals surface area (Å²) in [5, 5.41) is 8.88. The molecule has 2 atom stereocenters. The predicted octanol–water partition coefficient (Wildman–Crippen LogP) is 2.10. The van der Waals surface area contributed by atoms with E-state index < -0.39 is 17.5 Å². The van der Waals surface area contributed by atoms with E-state index in [1.807, 2.05) is 0 Å². The Bertz CT molecular complexity index is 161. The van der Waals surface area contributed by atoms with Crippen LogP contribution in [0.2, 0.25) is 0 Å². The van der Waals surface area contributed by atoms with Crippen molar-refractivity contribution in [1.82, 2.24) is 0 Å². The highest BCUT2D eigenvalue weighted by Gasteiger charge is 2.24. The molecule has 4 heteroatoms. The number of esters is 1. The molecule has 3 nitrogen and oxygen atoms in total. The molecule has 0 heterocycles. The molecule has 14 heavy (non-hydrogen) atoms. The second-order valence-corrected chi connectivity index (χ2v) is 3.77. The van der Waals surface area contributed by atoms with Gasteiger partial charge in [-0.05, 0) is 13.3 Å². The van der Waals surface area contributed by atoms with E-state index in [2.05, 4.69) is 11.7 Å². The topological polar surface area (TPSA) is 46.5 Å². The Morgan fingerprint density at radius 2 is 2.07 bits per heavy atom. The Morgan fingerprint density at radius 1 is 1.43 bits per heavy atom. The minimum atomic E-state index is -1.19. The molecule has 0 aliphatic rings. The van der Waals surface area contributed by atoms with Crippen molar-refractivity contribution >= 4 is 17.6 Å². The molecular formula is C10H19ClO3. The second-order valence-electron chi connectivity index (χ2n) is 3.21. The largest absolute Gasteiger partial charge is 0.464 e. The van der Waals surface area contributed by atoms with Gasteiger partial charge in [0.15, 0.2) is 6.10 Å². The maximum absolute atomic E-state index is 11.1. The molecule has 0 amide bonds. The fourth-order valence-electron chi connectivity index (χ4n) is 1.12. The highest BCUT2D eigenvalue weighted by molar-refractivity contribution is 6.22. The summed E-state index contributed by atoms with van der Waals surface area (Å²) in [5.41, 5.74) is 0. The number of carbonyl (C=O) groups is 1. The first-order valence-electron chi connectivity index (χ1n) is 5.12. The molecule has 0 aliphatic heterocycles. The number of carbonyl (C=O) groups excluding carboxylic acids is 1. The van der Waals surface area contributed by atoms with E-state index in [1.165, 1.54) is 0 Å². The van der Waals surface area contributed by atoms with Crippen molar-refractivity contribution < 1.29 is 14.6 Å². The van der Waals surface area contributed by atoms with Gasteiger partial charge in [-0.15, -0.1) is 11.6 Å². The number of hydrogen-bond acceptors (Lipinski definition) is 3. The fraction of sp³-hybridized carbons (Fsp3) is 0.900. The molecule has 0 aliphatic carbocycles. The van der Waals surface area contributed by atoms with Gasteiger partial charge in [-0.3, -0.25) is 0 Å². The Balaban J connectivity index is 3.74. The predicted molar refractivity (Wildman–Crippen MR) is 56.4 cm³/mol. The van der Waals surface area contributed by atoms with Crippen LogP contribution in [0.3, 0.4) is 0 Å². The smallest absolute Gasteiger partial charge is 0.336 e. The Kier molecular flexibility index (Phi) is 7.90. The fourth-order valence-corrected chi connectivity index (χ4v) is 1.38. The summed E-state index contributed by atoms with van der Waals surface area (Å²) in [6.45, 7) is 4.06. The summed E-state index contributed by atoms with van der Waals surface area (Å²) in [6, 6.07) is 0. The molecule has 0 saturated carbocycles. The number of halogens is 1. The van der Waals surface area contributed by atoms with Crippen molar-refractivity contribution in [2.24, 2.45) is 0 Å². The lowest BCUT2D eigenvalue weighted by Crippen LogP contribution is -2.32. The van der Waals surface area contributed by atoms with Crippen LogP contribution in [0, 0.1) is 0 Å². The van der Waals surface area contributed by atoms with Gasteiger partial charge in [0.2, 0.25) is 0 Å². The van der Waals surface area contributed by atoms with Crippen molar-refractivity contribution in [3.05, 3.63) is 0 Å². The van der Waals surface area contributed by atoms with Crippen LogP contribution >= 0.6 is 11.6 Å². The normalized spacial score (nSPS) is 14.9. The summed E-state index contributed by atoms with van der Waals surface area (Å²) in [7, 11) is 0. The minimum absolute atomic E-state index is 0.272. The van der Waals surface area contributed by atoms with Crippen LogP contribution in [0.4, 0.5) is 0 Å². The van der Waals surface area contributed by atoms with Crippen LogP contribution in [-0.2, 0) is 9.53 Å². The van der Waals surface area contributed by atoms with E-state index in [-0.39, 0.29) is 6.61 Å². The van der Waals surface area contributed by atoms with Crippen molar-refractivity contribution in [3.63, 3.8) is 0 Å². The van der Waals surface area contributed by atoms with Crippen LogP contribution in [0.5, 0.6) is 0 Å². The van der Waals surface area contributed by atoms with Crippen LogP contribution in [0.15, 0.2) is 0 Å². The van der Waals surface area contributed by atoms with Gasteiger partial charge >= 0.3 is 5.97 Å². The molecule has 84 valence electrons. The van der Waals surface area contributed by atoms with E-state index in [1.54, 1.807) is 6.92 Å². The van der Waals surface area contributed by atoms with E-state index in [9.17, 15) is 9.90 Å². The summed E-state index contributed by atoms with van der Waals surface area (Å²) < 4.78 is 4.66. The van der Waals surface area contributed by atoms with Crippen molar-refractivity contribution in [1.29, 1.82) is 0 Å². The first-order chi connectivity index (χ1) is 6.63. The zero-order valence-corrected chi connectivity index (χ0v) is 9.59. The average molecular weight is 223 g/mol. The van der Waals surface area contributed by atoms with Crippen molar-refractivity contribution in [2.45, 2.75) is 51.0 Å². The van der Waals surface area contributed by atoms with Gasteiger partial charge in [0, 0.05) is 0 Å². The lowest BCUT2D eigenvalue weighted by molar-refractivity contribution is -0.153. The molecule has 0 bridgehead atoms. The number of unbranched alkanes of at least 4 members (excludes halogenated alkanes) is 2. The SMILES string of the molecule is CCCCCC(Cl)[C@@H](O)C(=O)OCC. The Morgan fingerprint density at radius 3 is 2.57 bits per heavy atom. The summed E-state index contributed by atoms with van der Waals surface area (Å²) in [4.78, 5) is 11.1. The molecule has 1 N–H and O–H groups in total. The average Bonchev–Trinajstić information content (AvgIpc) is 2.17. The zero-order chi connectivity index (χ0) is 11.0. The van der Waals surface area contributed by atoms with Crippen molar-refractivity contribution in [3.8, 4) is 0 Å². The van der Waals surface area contributed by atoms with Crippen LogP contribution in [0.25, 0.3) is 0 Å². The van der Waals surface area contributed by atoms with Gasteiger partial charge in [-0.2, -0.15) is 0 Å². The van der Waals surface area contributed by atoms with E-state index in [4.69, 9.17) is 11.6 Å². The highest BCUT2D eigenvalue weighted by atomic mass is 35.5. The number of aliphatic hydroxyl groups is 1. The van der Waals surface area contributed by atoms with Gasteiger partial charge in [-0.1, -0.05) is 26.2 Å². The third kappa shape index (κ3) is 5.45. The van der Waals surface area contributed by atoms with Gasteiger partial charge < -0.3 is 9.84 Å². The summed E-state index contributed by atoms with van der Waals surface area (Å²) in [6.07, 6.45) is 2.56. The van der Waals surface area contributed by atoms with Gasteiger partial charge in [0.25, 0.3) is 0 Å². The molecule has 1 unspecified atom stereocenters. The molecule has 0 saturated heterocycles. The first kappa shape index (κ1) is 13.7. The quantitative estimate of drug-likeness (QED) is 0.408. The minimum Gasteiger partial charge on any atom is -0.464 e. The highest BCUT2D eigenvalue weighted by Crippen LogP contribution is 2.13. The summed E-state index contributed by atoms with van der Waals surface area (Å²) in [5.74, 6) is -0.621. The van der Waals surface area contributed by atoms with Gasteiger partial charge in [-0.25, -0.2) is 4.79 Å². The van der Waals surface area contributed by atoms with Gasteiger partial charge in [0.05, 0.1) is 12.0 Å². The van der Waals surface area contributed by atoms with E-state index in [0.717, 1.165) is 19.3 Å². The number of aliphatic hydroxyl groups excluding tert-OH is 1. The van der Waals surface area contributed by atoms with E-state index >= 15 is 0 Å². The third-order valence-electron chi connectivity index (χ3n) is 1.95. The molecule has 0 aromatic heterocycles. The van der Waals surface area contributed by atoms with Crippen LogP contribution in [-0.4, -0.2) is 29.2 Å². The van der Waals surface area contributed by atoms with E-state index in [0.29, 0.717) is 6.42 Å². The standard InChI is InChI=1S/C10H19ClO3/c1-3-5-6-7-8(11)9(12)10(13)14-4-2/h8-9,12H,3-7H2,1-2H3/t8?,9-/m1/s1. The van der Waals surface area contributed by atoms with Crippen LogP contribution in [0.1, 0.15) is 39.5 Å². The third-order valence-corrected chi connectivity index (χ3v) is 2.41.